The number of halogens is 1. The first-order valence-corrected chi connectivity index (χ1v) is 10.00. The van der Waals surface area contributed by atoms with Gasteiger partial charge < -0.3 is 9.84 Å². The van der Waals surface area contributed by atoms with E-state index in [0.717, 1.165) is 4.68 Å². The molecule has 3 aromatic heterocycles. The van der Waals surface area contributed by atoms with E-state index >= 15 is 0 Å². The van der Waals surface area contributed by atoms with Crippen LogP contribution in [-0.2, 0) is 11.3 Å². The van der Waals surface area contributed by atoms with Gasteiger partial charge in [-0.15, -0.1) is 5.10 Å². The van der Waals surface area contributed by atoms with Crippen LogP contribution in [0.4, 0.5) is 10.1 Å². The number of benzene rings is 2. The molecule has 0 spiro atoms. The third-order valence-electron chi connectivity index (χ3n) is 4.92. The number of nitrogens with one attached hydrogen (secondary N) is 1. The number of hydrogen-bond acceptors (Lipinski definition) is 7. The van der Waals surface area contributed by atoms with Crippen molar-refractivity contribution in [2.75, 3.05) is 5.32 Å². The molecule has 0 radical (unpaired) electrons. The van der Waals surface area contributed by atoms with E-state index in [-0.39, 0.29) is 23.9 Å². The molecule has 34 heavy (non-hydrogen) atoms. The Bertz CT molecular complexity index is 1640. The second kappa shape index (κ2) is 8.44. The molecule has 0 aliphatic heterocycles. The molecule has 0 atom stereocenters. The number of anilines is 1. The van der Waals surface area contributed by atoms with Crippen molar-refractivity contribution in [3.63, 3.8) is 0 Å². The third kappa shape index (κ3) is 3.91. The van der Waals surface area contributed by atoms with Gasteiger partial charge in [-0.05, 0) is 42.5 Å². The molecule has 0 saturated carbocycles. The lowest BCUT2D eigenvalue weighted by atomic mass is 10.2. The van der Waals surface area contributed by atoms with Crippen LogP contribution in [0.25, 0.3) is 28.5 Å². The number of aromatic nitrogens is 5. The normalized spacial score (nSPS) is 10.8. The molecule has 0 aliphatic carbocycles. The summed E-state index contributed by atoms with van der Waals surface area (Å²) in [4.78, 5) is 29.6. The van der Waals surface area contributed by atoms with Gasteiger partial charge in [0.25, 0.3) is 5.89 Å². The molecule has 3 heterocycles. The Balaban J connectivity index is 1.45. The number of pyridine rings is 1. The first-order chi connectivity index (χ1) is 16.5. The van der Waals surface area contributed by atoms with E-state index in [2.05, 4.69) is 20.6 Å². The van der Waals surface area contributed by atoms with Gasteiger partial charge in [-0.3, -0.25) is 4.79 Å². The molecule has 5 rings (SSSR count). The Morgan fingerprint density at radius 1 is 1.15 bits per heavy atom. The molecule has 0 saturated heterocycles. The summed E-state index contributed by atoms with van der Waals surface area (Å²) >= 11 is 0. The van der Waals surface area contributed by atoms with E-state index in [1.807, 2.05) is 6.07 Å². The number of carbonyl (C=O) groups is 1. The number of nitrogens with zero attached hydrogens (tertiary/aromatic N) is 6. The molecule has 0 fully saturated rings. The first-order valence-electron chi connectivity index (χ1n) is 10.00. The molecule has 2 aromatic carbocycles. The monoisotopic (exact) mass is 455 g/mol. The van der Waals surface area contributed by atoms with Crippen molar-refractivity contribution in [1.29, 1.82) is 5.26 Å². The number of nitriles is 1. The third-order valence-corrected chi connectivity index (χ3v) is 4.92. The van der Waals surface area contributed by atoms with Crippen LogP contribution >= 0.6 is 0 Å². The SMILES string of the molecule is N#Cc1cccc(NC(=O)Cn2nc3c(-c4nc(-c5cccc(F)c5)no4)cccn3c2=O)c1. The van der Waals surface area contributed by atoms with Gasteiger partial charge >= 0.3 is 5.69 Å². The first kappa shape index (κ1) is 20.8. The summed E-state index contributed by atoms with van der Waals surface area (Å²) in [6.45, 7) is -0.352. The van der Waals surface area contributed by atoms with Crippen LogP contribution in [0, 0.1) is 17.1 Å². The van der Waals surface area contributed by atoms with Gasteiger partial charge in [-0.25, -0.2) is 18.3 Å². The lowest BCUT2D eigenvalue weighted by molar-refractivity contribution is -0.117. The average Bonchev–Trinajstić information content (AvgIpc) is 3.45. The number of amides is 1. The topological polar surface area (TPSA) is 131 Å². The van der Waals surface area contributed by atoms with E-state index in [1.54, 1.807) is 36.4 Å². The summed E-state index contributed by atoms with van der Waals surface area (Å²) in [6, 6.07) is 17.4. The number of rotatable bonds is 5. The highest BCUT2D eigenvalue weighted by Gasteiger charge is 2.19. The van der Waals surface area contributed by atoms with Crippen LogP contribution in [0.5, 0.6) is 0 Å². The van der Waals surface area contributed by atoms with Gasteiger partial charge in [0.15, 0.2) is 5.65 Å². The molecular weight excluding hydrogens is 441 g/mol. The minimum atomic E-state index is -0.539. The maximum atomic E-state index is 13.5. The lowest BCUT2D eigenvalue weighted by Crippen LogP contribution is -2.28. The second-order valence-corrected chi connectivity index (χ2v) is 7.23. The second-order valence-electron chi connectivity index (χ2n) is 7.23. The molecule has 5 aromatic rings. The summed E-state index contributed by atoms with van der Waals surface area (Å²) in [6.07, 6.45) is 1.50. The lowest BCUT2D eigenvalue weighted by Gasteiger charge is -2.04. The molecule has 0 aliphatic rings. The highest BCUT2D eigenvalue weighted by atomic mass is 19.1. The van der Waals surface area contributed by atoms with Crippen molar-refractivity contribution in [1.82, 2.24) is 24.3 Å². The van der Waals surface area contributed by atoms with Crippen LogP contribution in [0.1, 0.15) is 5.56 Å². The fourth-order valence-electron chi connectivity index (χ4n) is 3.39. The van der Waals surface area contributed by atoms with Gasteiger partial charge in [-0.2, -0.15) is 10.2 Å². The standard InChI is InChI=1S/C23H14FN7O3/c24-16-6-2-5-15(11-16)20-27-22(34-29-20)18-8-3-9-30-21(18)28-31(23(30)33)13-19(32)26-17-7-1-4-14(10-17)12-25/h1-11H,13H2,(H,26,32). The number of fused-ring (bicyclic) bond motifs is 1. The van der Waals surface area contributed by atoms with Crippen LogP contribution in [-0.4, -0.2) is 30.2 Å². The smallest absolute Gasteiger partial charge is 0.333 e. The minimum absolute atomic E-state index is 0.0831. The van der Waals surface area contributed by atoms with Gasteiger partial charge in [0.05, 0.1) is 17.2 Å². The summed E-state index contributed by atoms with van der Waals surface area (Å²) in [5.74, 6) is -0.667. The Kier molecular flexibility index (Phi) is 5.15. The van der Waals surface area contributed by atoms with E-state index < -0.39 is 17.4 Å². The Morgan fingerprint density at radius 3 is 2.82 bits per heavy atom. The summed E-state index contributed by atoms with van der Waals surface area (Å²) < 4.78 is 21.1. The van der Waals surface area contributed by atoms with Gasteiger partial charge in [-0.1, -0.05) is 23.4 Å². The van der Waals surface area contributed by atoms with Gasteiger partial charge in [0.1, 0.15) is 12.4 Å². The Labute approximate surface area is 190 Å². The molecule has 11 heteroatoms. The molecule has 1 amide bonds. The van der Waals surface area contributed by atoms with Crippen molar-refractivity contribution in [2.45, 2.75) is 6.54 Å². The van der Waals surface area contributed by atoms with Crippen molar-refractivity contribution < 1.29 is 13.7 Å². The zero-order chi connectivity index (χ0) is 23.7. The average molecular weight is 455 g/mol. The highest BCUT2D eigenvalue weighted by molar-refractivity contribution is 5.90. The fraction of sp³-hybridized carbons (Fsp3) is 0.0435. The van der Waals surface area contributed by atoms with Crippen LogP contribution in [0.15, 0.2) is 76.2 Å². The summed E-state index contributed by atoms with van der Waals surface area (Å²) in [5.41, 5.74) is 1.29. The van der Waals surface area contributed by atoms with Crippen molar-refractivity contribution >= 4 is 17.2 Å². The maximum absolute atomic E-state index is 13.5. The largest absolute Gasteiger partial charge is 0.350 e. The maximum Gasteiger partial charge on any atom is 0.350 e. The molecule has 0 unspecified atom stereocenters. The highest BCUT2D eigenvalue weighted by Crippen LogP contribution is 2.24. The predicted molar refractivity (Wildman–Crippen MR) is 118 cm³/mol. The van der Waals surface area contributed by atoms with Crippen LogP contribution < -0.4 is 11.0 Å². The van der Waals surface area contributed by atoms with Crippen LogP contribution in [0.3, 0.4) is 0 Å². The molecular formula is C23H14FN7O3. The van der Waals surface area contributed by atoms with E-state index in [0.29, 0.717) is 22.4 Å². The summed E-state index contributed by atoms with van der Waals surface area (Å²) in [5, 5.41) is 19.8. The van der Waals surface area contributed by atoms with Crippen molar-refractivity contribution in [2.24, 2.45) is 0 Å². The van der Waals surface area contributed by atoms with Gasteiger partial charge in [0, 0.05) is 17.4 Å². The van der Waals surface area contributed by atoms with Crippen LogP contribution in [0.2, 0.25) is 0 Å². The predicted octanol–water partition coefficient (Wildman–Crippen LogP) is 2.86. The molecule has 10 nitrogen and oxygen atoms in total. The van der Waals surface area contributed by atoms with Crippen molar-refractivity contribution in [3.8, 4) is 28.9 Å². The molecule has 1 N–H and O–H groups in total. The van der Waals surface area contributed by atoms with Gasteiger partial charge in [0.2, 0.25) is 11.7 Å². The molecule has 166 valence electrons. The summed E-state index contributed by atoms with van der Waals surface area (Å²) in [7, 11) is 0. The number of hydrogen-bond donors (Lipinski definition) is 1. The fourth-order valence-corrected chi connectivity index (χ4v) is 3.39. The Morgan fingerprint density at radius 2 is 2.00 bits per heavy atom. The zero-order valence-electron chi connectivity index (χ0n) is 17.3. The minimum Gasteiger partial charge on any atom is -0.333 e. The van der Waals surface area contributed by atoms with Crippen molar-refractivity contribution in [3.05, 3.63) is 88.7 Å². The van der Waals surface area contributed by atoms with E-state index in [4.69, 9.17) is 9.78 Å². The number of carbonyl (C=O) groups excluding carboxylic acids is 1. The van der Waals surface area contributed by atoms with E-state index in [9.17, 15) is 14.0 Å². The Hall–Kier alpha value is -5.11. The van der Waals surface area contributed by atoms with E-state index in [1.165, 1.54) is 34.9 Å². The zero-order valence-corrected chi connectivity index (χ0v) is 17.3. The quantitative estimate of drug-likeness (QED) is 0.431. The molecule has 0 bridgehead atoms.